The van der Waals surface area contributed by atoms with Gasteiger partial charge < -0.3 is 9.73 Å². The number of furan rings is 1. The molecule has 7 heteroatoms. The molecule has 3 fully saturated rings. The van der Waals surface area contributed by atoms with E-state index in [1.165, 1.54) is 19.3 Å². The van der Waals surface area contributed by atoms with Gasteiger partial charge in [0, 0.05) is 12.1 Å². The third kappa shape index (κ3) is 2.20. The molecule has 0 spiro atoms. The molecule has 2 N–H and O–H groups in total. The van der Waals surface area contributed by atoms with E-state index in [0.717, 1.165) is 11.8 Å². The minimum absolute atomic E-state index is 0.149. The fourth-order valence-electron chi connectivity index (χ4n) is 4.57. The fourth-order valence-corrected chi connectivity index (χ4v) is 6.87. The van der Waals surface area contributed by atoms with E-state index in [1.807, 2.05) is 0 Å². The van der Waals surface area contributed by atoms with Gasteiger partial charge in [-0.1, -0.05) is 0 Å². The highest BCUT2D eigenvalue weighted by atomic mass is 79.9. The van der Waals surface area contributed by atoms with Gasteiger partial charge >= 0.3 is 0 Å². The average molecular weight is 375 g/mol. The molecule has 3 aliphatic rings. The van der Waals surface area contributed by atoms with Crippen LogP contribution >= 0.6 is 15.9 Å². The first-order chi connectivity index (χ1) is 10.0. The topological polar surface area (TPSA) is 71.3 Å². The molecule has 0 aliphatic heterocycles. The van der Waals surface area contributed by atoms with E-state index >= 15 is 0 Å². The lowest BCUT2D eigenvalue weighted by Gasteiger charge is -2.10. The Morgan fingerprint density at radius 3 is 2.62 bits per heavy atom. The average Bonchev–Trinajstić information content (AvgIpc) is 2.83. The van der Waals surface area contributed by atoms with Gasteiger partial charge in [0.05, 0.1) is 6.54 Å². The number of nitrogens with one attached hydrogen (secondary N) is 2. The zero-order chi connectivity index (χ0) is 14.8. The maximum atomic E-state index is 12.6. The quantitative estimate of drug-likeness (QED) is 0.827. The fraction of sp³-hybridized carbons (Fsp3) is 0.714. The largest absolute Gasteiger partial charge is 0.452 e. The van der Waals surface area contributed by atoms with Crippen molar-refractivity contribution >= 4 is 26.0 Å². The van der Waals surface area contributed by atoms with Crippen molar-refractivity contribution in [1.82, 2.24) is 10.0 Å². The molecular weight excluding hydrogens is 356 g/mol. The summed E-state index contributed by atoms with van der Waals surface area (Å²) in [4.78, 5) is 0.213. The Labute approximate surface area is 133 Å². The Morgan fingerprint density at radius 2 is 2.00 bits per heavy atom. The van der Waals surface area contributed by atoms with E-state index in [4.69, 9.17) is 4.42 Å². The third-order valence-corrected chi connectivity index (χ3v) is 7.69. The number of rotatable bonds is 5. The lowest BCUT2D eigenvalue weighted by Crippen LogP contribution is -2.30. The number of halogens is 1. The van der Waals surface area contributed by atoms with Crippen LogP contribution in [0.2, 0.25) is 0 Å². The summed E-state index contributed by atoms with van der Waals surface area (Å²) in [6.07, 6.45) is 3.88. The molecule has 116 valence electrons. The lowest BCUT2D eigenvalue weighted by atomic mass is 10.0. The molecule has 4 rings (SSSR count). The SMILES string of the molecule is CNCc1cc(S(=O)(=O)NC2C3C4CCC(C4)C23)c(Br)o1. The highest BCUT2D eigenvalue weighted by Crippen LogP contribution is 2.65. The van der Waals surface area contributed by atoms with Crippen LogP contribution in [0.5, 0.6) is 0 Å². The number of hydrogen-bond donors (Lipinski definition) is 2. The number of sulfonamides is 1. The van der Waals surface area contributed by atoms with Crippen molar-refractivity contribution in [2.45, 2.75) is 36.7 Å². The van der Waals surface area contributed by atoms with Crippen molar-refractivity contribution in [3.8, 4) is 0 Å². The monoisotopic (exact) mass is 374 g/mol. The summed E-state index contributed by atoms with van der Waals surface area (Å²) < 4.78 is 33.7. The highest BCUT2D eigenvalue weighted by Gasteiger charge is 2.65. The summed E-state index contributed by atoms with van der Waals surface area (Å²) in [5.41, 5.74) is 0. The minimum Gasteiger partial charge on any atom is -0.452 e. The van der Waals surface area contributed by atoms with Crippen LogP contribution in [0.1, 0.15) is 25.0 Å². The van der Waals surface area contributed by atoms with Gasteiger partial charge in [0.1, 0.15) is 10.7 Å². The molecule has 0 saturated heterocycles. The van der Waals surface area contributed by atoms with Gasteiger partial charge in [-0.05, 0) is 65.9 Å². The maximum Gasteiger partial charge on any atom is 0.245 e. The van der Waals surface area contributed by atoms with Crippen LogP contribution in [0.25, 0.3) is 0 Å². The first kappa shape index (κ1) is 14.2. The molecule has 0 radical (unpaired) electrons. The Kier molecular flexibility index (Phi) is 3.26. The second-order valence-corrected chi connectivity index (χ2v) is 8.92. The van der Waals surface area contributed by atoms with Crippen molar-refractivity contribution in [1.29, 1.82) is 0 Å². The molecule has 2 bridgehead atoms. The van der Waals surface area contributed by atoms with Gasteiger partial charge in [-0.3, -0.25) is 0 Å². The third-order valence-electron chi connectivity index (χ3n) is 5.37. The zero-order valence-electron chi connectivity index (χ0n) is 11.8. The van der Waals surface area contributed by atoms with Crippen LogP contribution in [-0.2, 0) is 16.6 Å². The van der Waals surface area contributed by atoms with Crippen molar-refractivity contribution in [2.75, 3.05) is 7.05 Å². The van der Waals surface area contributed by atoms with Gasteiger partial charge in [-0.2, -0.15) is 0 Å². The Morgan fingerprint density at radius 1 is 1.33 bits per heavy atom. The van der Waals surface area contributed by atoms with Crippen LogP contribution in [-0.4, -0.2) is 21.5 Å². The van der Waals surface area contributed by atoms with E-state index in [1.54, 1.807) is 13.1 Å². The second-order valence-electron chi connectivity index (χ2n) is 6.52. The van der Waals surface area contributed by atoms with E-state index in [-0.39, 0.29) is 15.6 Å². The van der Waals surface area contributed by atoms with Crippen molar-refractivity contribution < 1.29 is 12.8 Å². The number of fused-ring (bicyclic) bond motifs is 5. The summed E-state index contributed by atoms with van der Waals surface area (Å²) in [6, 6.07) is 1.74. The molecule has 0 aromatic carbocycles. The van der Waals surface area contributed by atoms with Crippen molar-refractivity contribution in [3.63, 3.8) is 0 Å². The Bertz CT molecular complexity index is 656. The molecule has 4 unspecified atom stereocenters. The summed E-state index contributed by atoms with van der Waals surface area (Å²) in [5, 5.41) is 2.95. The lowest BCUT2D eigenvalue weighted by molar-refractivity contribution is 0.456. The van der Waals surface area contributed by atoms with Crippen molar-refractivity contribution in [3.05, 3.63) is 16.5 Å². The van der Waals surface area contributed by atoms with Gasteiger partial charge in [-0.15, -0.1) is 0 Å². The number of hydrogen-bond acceptors (Lipinski definition) is 4. The second kappa shape index (κ2) is 4.81. The summed E-state index contributed by atoms with van der Waals surface area (Å²) >= 11 is 3.22. The van der Waals surface area contributed by atoms with Gasteiger partial charge in [0.25, 0.3) is 0 Å². The molecule has 4 atom stereocenters. The normalized spacial score (nSPS) is 37.0. The van der Waals surface area contributed by atoms with Gasteiger partial charge in [0.15, 0.2) is 4.67 Å². The van der Waals surface area contributed by atoms with E-state index in [9.17, 15) is 8.42 Å². The Balaban J connectivity index is 1.52. The van der Waals surface area contributed by atoms with E-state index in [2.05, 4.69) is 26.0 Å². The van der Waals surface area contributed by atoms with E-state index < -0.39 is 10.0 Å². The maximum absolute atomic E-state index is 12.6. The van der Waals surface area contributed by atoms with Gasteiger partial charge in [-0.25, -0.2) is 13.1 Å². The predicted octanol–water partition coefficient (Wildman–Crippen LogP) is 2.08. The van der Waals surface area contributed by atoms with Crippen LogP contribution in [0.3, 0.4) is 0 Å². The molecule has 1 heterocycles. The summed E-state index contributed by atoms with van der Waals surface area (Å²) in [5.74, 6) is 3.28. The molecule has 3 saturated carbocycles. The molecule has 1 aromatic rings. The molecular formula is C14H19BrN2O3S. The standard InChI is InChI=1S/C14H19BrN2O3S/c1-16-6-9-5-10(14(15)20-9)21(18,19)17-13-11-7-2-3-8(4-7)12(11)13/h5,7-8,11-13,16-17H,2-4,6H2,1H3. The molecule has 1 aromatic heterocycles. The molecule has 0 amide bonds. The predicted molar refractivity (Wildman–Crippen MR) is 81.1 cm³/mol. The molecule has 3 aliphatic carbocycles. The van der Waals surface area contributed by atoms with Crippen LogP contribution in [0.4, 0.5) is 0 Å². The zero-order valence-corrected chi connectivity index (χ0v) is 14.2. The summed E-state index contributed by atoms with van der Waals surface area (Å²) in [7, 11) is -1.71. The molecule has 21 heavy (non-hydrogen) atoms. The first-order valence-corrected chi connectivity index (χ1v) is 9.74. The van der Waals surface area contributed by atoms with Crippen LogP contribution in [0.15, 0.2) is 20.0 Å². The molecule has 5 nitrogen and oxygen atoms in total. The van der Waals surface area contributed by atoms with Gasteiger partial charge in [0.2, 0.25) is 10.0 Å². The van der Waals surface area contributed by atoms with E-state index in [0.29, 0.717) is 24.1 Å². The van der Waals surface area contributed by atoms with Crippen LogP contribution < -0.4 is 10.0 Å². The van der Waals surface area contributed by atoms with Crippen molar-refractivity contribution in [2.24, 2.45) is 23.7 Å². The minimum atomic E-state index is -3.50. The highest BCUT2D eigenvalue weighted by molar-refractivity contribution is 9.10. The Hall–Kier alpha value is -0.370. The first-order valence-electron chi connectivity index (χ1n) is 7.46. The van der Waals surface area contributed by atoms with Crippen LogP contribution in [0, 0.1) is 23.7 Å². The summed E-state index contributed by atoms with van der Waals surface area (Å²) in [6.45, 7) is 0.507. The smallest absolute Gasteiger partial charge is 0.245 e.